The molecule has 0 aliphatic heterocycles. The second-order valence-electron chi connectivity index (χ2n) is 6.86. The maximum absolute atomic E-state index is 12.8. The summed E-state index contributed by atoms with van der Waals surface area (Å²) in [6, 6.07) is 6.77. The molecule has 0 spiro atoms. The first-order valence-electron chi connectivity index (χ1n) is 9.15. The minimum atomic E-state index is -0.326. The molecule has 1 aliphatic carbocycles. The van der Waals surface area contributed by atoms with E-state index in [1.807, 2.05) is 7.05 Å². The third kappa shape index (κ3) is 5.07. The molecule has 1 saturated carbocycles. The highest BCUT2D eigenvalue weighted by atomic mass is 35.5. The highest BCUT2D eigenvalue weighted by Crippen LogP contribution is 2.27. The van der Waals surface area contributed by atoms with Crippen LogP contribution in [0.25, 0.3) is 0 Å². The number of carbonyl (C=O) groups is 2. The summed E-state index contributed by atoms with van der Waals surface area (Å²) in [6.45, 7) is 0.227. The SMILES string of the molecule is CN(C(=O)c1ccc(NC(=O)c2coc(CN)c2)cc1Cl)C1CCCCC1.Cl. The zero-order chi connectivity index (χ0) is 19.4. The lowest BCUT2D eigenvalue weighted by atomic mass is 9.94. The lowest BCUT2D eigenvalue weighted by Gasteiger charge is -2.31. The molecule has 2 amide bonds. The Kier molecular flexibility index (Phi) is 7.92. The second-order valence-corrected chi connectivity index (χ2v) is 7.27. The summed E-state index contributed by atoms with van der Waals surface area (Å²) in [7, 11) is 1.83. The minimum Gasteiger partial charge on any atom is -0.467 e. The number of nitrogens with zero attached hydrogens (tertiary/aromatic N) is 1. The standard InChI is InChI=1S/C20H24ClN3O3.ClH/c1-24(15-5-3-2-4-6-15)20(26)17-8-7-14(10-18(17)21)23-19(25)13-9-16(11-22)27-12-13;/h7-10,12,15H,2-6,11,22H2,1H3,(H,23,25);1H. The van der Waals surface area contributed by atoms with Gasteiger partial charge in [-0.15, -0.1) is 12.4 Å². The van der Waals surface area contributed by atoms with Crippen LogP contribution in [-0.2, 0) is 6.54 Å². The van der Waals surface area contributed by atoms with Crippen molar-refractivity contribution in [2.45, 2.75) is 44.7 Å². The van der Waals surface area contributed by atoms with Gasteiger partial charge in [-0.2, -0.15) is 0 Å². The third-order valence-electron chi connectivity index (χ3n) is 5.02. The number of furan rings is 1. The number of hydrogen-bond acceptors (Lipinski definition) is 4. The predicted octanol–water partition coefficient (Wildman–Crippen LogP) is 4.47. The molecule has 0 atom stereocenters. The van der Waals surface area contributed by atoms with E-state index in [4.69, 9.17) is 21.8 Å². The van der Waals surface area contributed by atoms with Crippen molar-refractivity contribution in [3.63, 3.8) is 0 Å². The summed E-state index contributed by atoms with van der Waals surface area (Å²) in [5.41, 5.74) is 6.81. The number of nitrogens with one attached hydrogen (secondary N) is 1. The topological polar surface area (TPSA) is 88.6 Å². The Hall–Kier alpha value is -2.02. The van der Waals surface area contributed by atoms with E-state index in [9.17, 15) is 9.59 Å². The summed E-state index contributed by atoms with van der Waals surface area (Å²) in [4.78, 5) is 26.8. The molecule has 1 aromatic carbocycles. The van der Waals surface area contributed by atoms with Crippen molar-refractivity contribution in [1.29, 1.82) is 0 Å². The molecule has 8 heteroatoms. The van der Waals surface area contributed by atoms with Gasteiger partial charge in [0.25, 0.3) is 11.8 Å². The fourth-order valence-corrected chi connectivity index (χ4v) is 3.66. The number of amides is 2. The number of anilines is 1. The summed E-state index contributed by atoms with van der Waals surface area (Å²) in [6.07, 6.45) is 6.96. The Balaban J connectivity index is 0.00000280. The van der Waals surface area contributed by atoms with Crippen molar-refractivity contribution in [3.8, 4) is 0 Å². The van der Waals surface area contributed by atoms with Gasteiger partial charge in [0.1, 0.15) is 12.0 Å². The molecule has 28 heavy (non-hydrogen) atoms. The fourth-order valence-electron chi connectivity index (χ4n) is 3.40. The highest BCUT2D eigenvalue weighted by Gasteiger charge is 2.24. The molecule has 3 rings (SSSR count). The smallest absolute Gasteiger partial charge is 0.258 e. The van der Waals surface area contributed by atoms with Gasteiger partial charge in [-0.1, -0.05) is 30.9 Å². The van der Waals surface area contributed by atoms with Crippen LogP contribution < -0.4 is 11.1 Å². The average Bonchev–Trinajstić information content (AvgIpc) is 3.17. The Morgan fingerprint density at radius 1 is 1.25 bits per heavy atom. The van der Waals surface area contributed by atoms with E-state index < -0.39 is 0 Å². The summed E-state index contributed by atoms with van der Waals surface area (Å²) >= 11 is 6.33. The van der Waals surface area contributed by atoms with Crippen molar-refractivity contribution in [2.24, 2.45) is 5.73 Å². The molecular weight excluding hydrogens is 401 g/mol. The molecular formula is C20H25Cl2N3O3. The largest absolute Gasteiger partial charge is 0.467 e. The molecule has 1 heterocycles. The Morgan fingerprint density at radius 3 is 2.57 bits per heavy atom. The van der Waals surface area contributed by atoms with Crippen LogP contribution in [-0.4, -0.2) is 29.8 Å². The van der Waals surface area contributed by atoms with E-state index in [1.165, 1.54) is 12.7 Å². The van der Waals surface area contributed by atoms with Crippen LogP contribution in [0.15, 0.2) is 34.9 Å². The number of hydrogen-bond donors (Lipinski definition) is 2. The fraction of sp³-hybridized carbons (Fsp3) is 0.400. The zero-order valence-corrected chi connectivity index (χ0v) is 17.3. The van der Waals surface area contributed by atoms with Gasteiger partial charge >= 0.3 is 0 Å². The number of rotatable bonds is 5. The third-order valence-corrected chi connectivity index (χ3v) is 5.33. The maximum Gasteiger partial charge on any atom is 0.258 e. The summed E-state index contributed by atoms with van der Waals surface area (Å²) in [5.74, 6) is 0.116. The molecule has 6 nitrogen and oxygen atoms in total. The van der Waals surface area contributed by atoms with Crippen LogP contribution in [0.4, 0.5) is 5.69 Å². The number of benzene rings is 1. The van der Waals surface area contributed by atoms with E-state index in [0.29, 0.717) is 27.6 Å². The molecule has 1 aromatic heterocycles. The molecule has 152 valence electrons. The van der Waals surface area contributed by atoms with Gasteiger partial charge in [0.2, 0.25) is 0 Å². The van der Waals surface area contributed by atoms with E-state index >= 15 is 0 Å². The summed E-state index contributed by atoms with van der Waals surface area (Å²) < 4.78 is 5.17. The Labute approximate surface area is 175 Å². The molecule has 0 radical (unpaired) electrons. The molecule has 1 aliphatic rings. The van der Waals surface area contributed by atoms with E-state index in [-0.39, 0.29) is 36.8 Å². The van der Waals surface area contributed by atoms with Gasteiger partial charge in [0, 0.05) is 18.8 Å². The van der Waals surface area contributed by atoms with Gasteiger partial charge in [-0.05, 0) is 37.1 Å². The predicted molar refractivity (Wildman–Crippen MR) is 112 cm³/mol. The lowest BCUT2D eigenvalue weighted by molar-refractivity contribution is 0.0696. The lowest BCUT2D eigenvalue weighted by Crippen LogP contribution is -2.38. The van der Waals surface area contributed by atoms with Gasteiger partial charge in [-0.25, -0.2) is 0 Å². The first-order chi connectivity index (χ1) is 13.0. The zero-order valence-electron chi connectivity index (χ0n) is 15.7. The molecule has 0 bridgehead atoms. The Bertz CT molecular complexity index is 832. The van der Waals surface area contributed by atoms with Crippen LogP contribution in [0.1, 0.15) is 58.6 Å². The monoisotopic (exact) mass is 425 g/mol. The van der Waals surface area contributed by atoms with Gasteiger partial charge < -0.3 is 20.4 Å². The van der Waals surface area contributed by atoms with E-state index in [0.717, 1.165) is 25.7 Å². The first kappa shape index (κ1) is 22.3. The van der Waals surface area contributed by atoms with Crippen LogP contribution >= 0.6 is 24.0 Å². The van der Waals surface area contributed by atoms with Crippen LogP contribution in [0.2, 0.25) is 5.02 Å². The quantitative estimate of drug-likeness (QED) is 0.739. The molecule has 0 unspecified atom stereocenters. The maximum atomic E-state index is 12.8. The molecule has 2 aromatic rings. The molecule has 0 saturated heterocycles. The van der Waals surface area contributed by atoms with Gasteiger partial charge in [0.15, 0.2) is 0 Å². The van der Waals surface area contributed by atoms with Gasteiger partial charge in [-0.3, -0.25) is 9.59 Å². The molecule has 1 fully saturated rings. The summed E-state index contributed by atoms with van der Waals surface area (Å²) in [5, 5.41) is 3.06. The van der Waals surface area contributed by atoms with Crippen LogP contribution in [0.3, 0.4) is 0 Å². The van der Waals surface area contributed by atoms with Crippen molar-refractivity contribution < 1.29 is 14.0 Å². The highest BCUT2D eigenvalue weighted by molar-refractivity contribution is 6.34. The van der Waals surface area contributed by atoms with E-state index in [1.54, 1.807) is 29.2 Å². The second kappa shape index (κ2) is 9.96. The molecule has 3 N–H and O–H groups in total. The van der Waals surface area contributed by atoms with Crippen molar-refractivity contribution in [3.05, 3.63) is 52.4 Å². The normalized spacial score (nSPS) is 14.2. The number of halogens is 2. The van der Waals surface area contributed by atoms with Crippen LogP contribution in [0, 0.1) is 0 Å². The van der Waals surface area contributed by atoms with Crippen molar-refractivity contribution >= 4 is 41.5 Å². The van der Waals surface area contributed by atoms with Crippen molar-refractivity contribution in [2.75, 3.05) is 12.4 Å². The number of nitrogens with two attached hydrogens (primary N) is 1. The van der Waals surface area contributed by atoms with Crippen molar-refractivity contribution in [1.82, 2.24) is 4.90 Å². The van der Waals surface area contributed by atoms with E-state index in [2.05, 4.69) is 5.32 Å². The minimum absolute atomic E-state index is 0. The Morgan fingerprint density at radius 2 is 1.96 bits per heavy atom. The number of carbonyl (C=O) groups excluding carboxylic acids is 2. The average molecular weight is 426 g/mol. The van der Waals surface area contributed by atoms with Gasteiger partial charge in [0.05, 0.1) is 22.7 Å². The first-order valence-corrected chi connectivity index (χ1v) is 9.53. The van der Waals surface area contributed by atoms with Crippen LogP contribution in [0.5, 0.6) is 0 Å².